The van der Waals surface area contributed by atoms with Gasteiger partial charge in [-0.15, -0.1) is 0 Å². The standard InChI is InChI=1S/C19H23BrN4O3/c1-2-24-12-14(10-22-24)19(26)23-7-6-17(13(11-23)8-18(21)25)27-16-5-3-4-15(20)9-16/h3-5,9-10,12-13,17H,2,6-8,11H2,1H3,(H2,21,25)/t13-,17-/m0/s1. The number of piperidine rings is 1. The van der Waals surface area contributed by atoms with Gasteiger partial charge in [-0.1, -0.05) is 22.0 Å². The Morgan fingerprint density at radius 1 is 1.41 bits per heavy atom. The normalized spacial score (nSPS) is 19.7. The van der Waals surface area contributed by atoms with Crippen molar-refractivity contribution in [1.82, 2.24) is 14.7 Å². The Morgan fingerprint density at radius 3 is 2.89 bits per heavy atom. The molecule has 0 spiro atoms. The van der Waals surface area contributed by atoms with E-state index in [1.54, 1.807) is 22.0 Å². The minimum Gasteiger partial charge on any atom is -0.490 e. The van der Waals surface area contributed by atoms with E-state index in [1.165, 1.54) is 0 Å². The molecule has 1 aromatic carbocycles. The first-order valence-electron chi connectivity index (χ1n) is 8.98. The van der Waals surface area contributed by atoms with Crippen LogP contribution in [0.5, 0.6) is 5.75 Å². The number of benzene rings is 1. The van der Waals surface area contributed by atoms with E-state index in [9.17, 15) is 9.59 Å². The molecule has 3 rings (SSSR count). The van der Waals surface area contributed by atoms with Crippen LogP contribution < -0.4 is 10.5 Å². The zero-order valence-electron chi connectivity index (χ0n) is 15.2. The van der Waals surface area contributed by atoms with Gasteiger partial charge in [0.2, 0.25) is 5.91 Å². The van der Waals surface area contributed by atoms with Crippen LogP contribution in [0.1, 0.15) is 30.1 Å². The van der Waals surface area contributed by atoms with E-state index in [0.717, 1.165) is 10.2 Å². The van der Waals surface area contributed by atoms with Crippen LogP contribution in [0.3, 0.4) is 0 Å². The fourth-order valence-corrected chi connectivity index (χ4v) is 3.73. The third-order valence-electron chi connectivity index (χ3n) is 4.70. The molecule has 144 valence electrons. The number of aryl methyl sites for hydroxylation is 1. The number of carbonyl (C=O) groups excluding carboxylic acids is 2. The van der Waals surface area contributed by atoms with Gasteiger partial charge in [-0.05, 0) is 25.1 Å². The van der Waals surface area contributed by atoms with E-state index in [2.05, 4.69) is 21.0 Å². The molecule has 0 radical (unpaired) electrons. The van der Waals surface area contributed by atoms with Crippen molar-refractivity contribution in [3.8, 4) is 5.75 Å². The van der Waals surface area contributed by atoms with E-state index < -0.39 is 5.91 Å². The molecule has 0 saturated carbocycles. The third kappa shape index (κ3) is 4.88. The summed E-state index contributed by atoms with van der Waals surface area (Å²) in [6.45, 7) is 3.66. The topological polar surface area (TPSA) is 90.5 Å². The van der Waals surface area contributed by atoms with Crippen molar-refractivity contribution in [3.05, 3.63) is 46.7 Å². The maximum absolute atomic E-state index is 12.8. The number of nitrogens with zero attached hydrogens (tertiary/aromatic N) is 3. The lowest BCUT2D eigenvalue weighted by atomic mass is 9.90. The number of rotatable bonds is 6. The molecule has 7 nitrogen and oxygen atoms in total. The van der Waals surface area contributed by atoms with E-state index in [4.69, 9.17) is 10.5 Å². The minimum atomic E-state index is -0.393. The van der Waals surface area contributed by atoms with Crippen LogP contribution in [0.4, 0.5) is 0 Å². The molecule has 1 aromatic heterocycles. The lowest BCUT2D eigenvalue weighted by Crippen LogP contribution is -2.49. The third-order valence-corrected chi connectivity index (χ3v) is 5.20. The van der Waals surface area contributed by atoms with E-state index in [0.29, 0.717) is 31.6 Å². The molecule has 1 aliphatic rings. The highest BCUT2D eigenvalue weighted by Gasteiger charge is 2.34. The quantitative estimate of drug-likeness (QED) is 0.755. The highest BCUT2D eigenvalue weighted by atomic mass is 79.9. The Balaban J connectivity index is 1.71. The number of aromatic nitrogens is 2. The van der Waals surface area contributed by atoms with Crippen LogP contribution >= 0.6 is 15.9 Å². The van der Waals surface area contributed by atoms with E-state index in [1.807, 2.05) is 31.2 Å². The summed E-state index contributed by atoms with van der Waals surface area (Å²) in [4.78, 5) is 26.1. The number of primary amides is 1. The molecule has 1 saturated heterocycles. The summed E-state index contributed by atoms with van der Waals surface area (Å²) in [5.41, 5.74) is 5.99. The SMILES string of the molecule is CCn1cc(C(=O)N2CC[C@H](Oc3cccc(Br)c3)[C@@H](CC(N)=O)C2)cn1. The number of halogens is 1. The molecule has 2 amide bonds. The van der Waals surface area contributed by atoms with Gasteiger partial charge in [0.05, 0.1) is 11.8 Å². The Labute approximate surface area is 166 Å². The fourth-order valence-electron chi connectivity index (χ4n) is 3.35. The summed E-state index contributed by atoms with van der Waals surface area (Å²) < 4.78 is 8.76. The fraction of sp³-hybridized carbons (Fsp3) is 0.421. The van der Waals surface area contributed by atoms with Gasteiger partial charge in [0.15, 0.2) is 0 Å². The Bertz CT molecular complexity index is 823. The van der Waals surface area contributed by atoms with Crippen molar-refractivity contribution in [2.45, 2.75) is 32.4 Å². The average Bonchev–Trinajstić information content (AvgIpc) is 3.11. The van der Waals surface area contributed by atoms with Crippen LogP contribution in [0.2, 0.25) is 0 Å². The predicted molar refractivity (Wildman–Crippen MR) is 104 cm³/mol. The second-order valence-corrected chi connectivity index (χ2v) is 7.58. The molecule has 0 aliphatic carbocycles. The van der Waals surface area contributed by atoms with Crippen molar-refractivity contribution in [3.63, 3.8) is 0 Å². The van der Waals surface area contributed by atoms with Crippen LogP contribution in [0.25, 0.3) is 0 Å². The molecule has 2 atom stereocenters. The van der Waals surface area contributed by atoms with Gasteiger partial charge in [0.1, 0.15) is 11.9 Å². The Hall–Kier alpha value is -2.35. The lowest BCUT2D eigenvalue weighted by Gasteiger charge is -2.38. The minimum absolute atomic E-state index is 0.0786. The van der Waals surface area contributed by atoms with Crippen molar-refractivity contribution >= 4 is 27.7 Å². The monoisotopic (exact) mass is 434 g/mol. The number of nitrogens with two attached hydrogens (primary N) is 1. The first-order chi connectivity index (χ1) is 13.0. The van der Waals surface area contributed by atoms with Crippen molar-refractivity contribution in [2.75, 3.05) is 13.1 Å². The molecule has 1 aliphatic heterocycles. The highest BCUT2D eigenvalue weighted by Crippen LogP contribution is 2.27. The van der Waals surface area contributed by atoms with Gasteiger partial charge >= 0.3 is 0 Å². The number of hydrogen-bond acceptors (Lipinski definition) is 4. The van der Waals surface area contributed by atoms with Crippen LogP contribution in [-0.4, -0.2) is 45.7 Å². The molecule has 2 N–H and O–H groups in total. The molecule has 27 heavy (non-hydrogen) atoms. The lowest BCUT2D eigenvalue weighted by molar-refractivity contribution is -0.120. The van der Waals surface area contributed by atoms with Gasteiger partial charge in [-0.3, -0.25) is 14.3 Å². The molecule has 0 unspecified atom stereocenters. The maximum atomic E-state index is 12.8. The first kappa shape index (κ1) is 19.4. The molecule has 2 aromatic rings. The number of ether oxygens (including phenoxy) is 1. The zero-order chi connectivity index (χ0) is 19.4. The van der Waals surface area contributed by atoms with Crippen molar-refractivity contribution in [2.24, 2.45) is 11.7 Å². The number of hydrogen-bond donors (Lipinski definition) is 1. The molecule has 2 heterocycles. The Kier molecular flexibility index (Phi) is 6.15. The average molecular weight is 435 g/mol. The summed E-state index contributed by atoms with van der Waals surface area (Å²) >= 11 is 3.43. The number of likely N-dealkylation sites (tertiary alicyclic amines) is 1. The van der Waals surface area contributed by atoms with Crippen LogP contribution in [0.15, 0.2) is 41.1 Å². The van der Waals surface area contributed by atoms with E-state index in [-0.39, 0.29) is 24.3 Å². The summed E-state index contributed by atoms with van der Waals surface area (Å²) in [5, 5.41) is 4.16. The second kappa shape index (κ2) is 8.56. The maximum Gasteiger partial charge on any atom is 0.257 e. The molecular weight excluding hydrogens is 412 g/mol. The number of carbonyl (C=O) groups is 2. The molecule has 0 bridgehead atoms. The van der Waals surface area contributed by atoms with Gasteiger partial charge in [-0.25, -0.2) is 0 Å². The Morgan fingerprint density at radius 2 is 2.22 bits per heavy atom. The van der Waals surface area contributed by atoms with E-state index >= 15 is 0 Å². The molecule has 8 heteroatoms. The largest absolute Gasteiger partial charge is 0.490 e. The zero-order valence-corrected chi connectivity index (χ0v) is 16.8. The summed E-state index contributed by atoms with van der Waals surface area (Å²) in [7, 11) is 0. The van der Waals surface area contributed by atoms with Gasteiger partial charge in [0, 0.05) is 49.1 Å². The van der Waals surface area contributed by atoms with Crippen LogP contribution in [-0.2, 0) is 11.3 Å². The second-order valence-electron chi connectivity index (χ2n) is 6.67. The highest BCUT2D eigenvalue weighted by molar-refractivity contribution is 9.10. The number of amides is 2. The molecule has 1 fully saturated rings. The van der Waals surface area contributed by atoms with Crippen LogP contribution in [0, 0.1) is 5.92 Å². The van der Waals surface area contributed by atoms with Crippen molar-refractivity contribution < 1.29 is 14.3 Å². The van der Waals surface area contributed by atoms with Gasteiger partial charge in [0.25, 0.3) is 5.91 Å². The van der Waals surface area contributed by atoms with Crippen molar-refractivity contribution in [1.29, 1.82) is 0 Å². The van der Waals surface area contributed by atoms with Gasteiger partial charge in [-0.2, -0.15) is 5.10 Å². The smallest absolute Gasteiger partial charge is 0.257 e. The predicted octanol–water partition coefficient (Wildman–Crippen LogP) is 2.45. The van der Waals surface area contributed by atoms with Gasteiger partial charge < -0.3 is 15.4 Å². The summed E-state index contributed by atoms with van der Waals surface area (Å²) in [5.74, 6) is 0.106. The summed E-state index contributed by atoms with van der Waals surface area (Å²) in [6.07, 6.45) is 3.97. The summed E-state index contributed by atoms with van der Waals surface area (Å²) in [6, 6.07) is 7.58. The first-order valence-corrected chi connectivity index (χ1v) is 9.77. The molecular formula is C19H23BrN4O3.